The number of nitrogens with zero attached hydrogens (tertiary/aromatic N) is 4. The molecule has 1 N–H and O–H groups in total. The van der Waals surface area contributed by atoms with Gasteiger partial charge in [0.15, 0.2) is 5.69 Å². The number of benzene rings is 2. The number of hydrogen-bond donors (Lipinski definition) is 1. The van der Waals surface area contributed by atoms with Gasteiger partial charge in [0.2, 0.25) is 0 Å². The Kier molecular flexibility index (Phi) is 4.83. The van der Waals surface area contributed by atoms with Gasteiger partial charge in [-0.1, -0.05) is 35.9 Å². The monoisotopic (exact) mass is 393 g/mol. The van der Waals surface area contributed by atoms with Gasteiger partial charge in [0.25, 0.3) is 0 Å². The van der Waals surface area contributed by atoms with Crippen molar-refractivity contribution in [1.29, 1.82) is 5.26 Å². The molecular weight excluding hydrogens is 382 g/mol. The van der Waals surface area contributed by atoms with E-state index in [1.165, 1.54) is 0 Å². The topological polar surface area (TPSA) is 87.5 Å². The molecule has 27 heavy (non-hydrogen) atoms. The van der Waals surface area contributed by atoms with Crippen LogP contribution in [-0.4, -0.2) is 20.4 Å². The molecule has 0 atom stereocenters. The number of H-pyrrole nitrogens is 1. The molecule has 2 aromatic carbocycles. The van der Waals surface area contributed by atoms with E-state index in [9.17, 15) is 0 Å². The number of nitrogens with one attached hydrogen (secondary N) is 1. The Morgan fingerprint density at radius 3 is 2.78 bits per heavy atom. The van der Waals surface area contributed by atoms with E-state index >= 15 is 0 Å². The van der Waals surface area contributed by atoms with Gasteiger partial charge < -0.3 is 4.74 Å². The average Bonchev–Trinajstić information content (AvgIpc) is 3.36. The van der Waals surface area contributed by atoms with Crippen LogP contribution in [0, 0.1) is 11.3 Å². The van der Waals surface area contributed by atoms with Gasteiger partial charge in [-0.15, -0.1) is 16.4 Å². The molecule has 4 rings (SSSR count). The van der Waals surface area contributed by atoms with Gasteiger partial charge in [-0.25, -0.2) is 4.98 Å². The molecule has 0 aliphatic carbocycles. The highest BCUT2D eigenvalue weighted by Crippen LogP contribution is 2.27. The van der Waals surface area contributed by atoms with Gasteiger partial charge in [-0.3, -0.25) is 0 Å². The molecule has 0 unspecified atom stereocenters. The van der Waals surface area contributed by atoms with Crippen LogP contribution in [-0.2, 0) is 6.61 Å². The molecule has 0 aliphatic rings. The van der Waals surface area contributed by atoms with Crippen LogP contribution in [0.3, 0.4) is 0 Å². The highest BCUT2D eigenvalue weighted by Gasteiger charge is 2.11. The fourth-order valence-electron chi connectivity index (χ4n) is 2.50. The maximum absolute atomic E-state index is 9.08. The van der Waals surface area contributed by atoms with Crippen LogP contribution in [0.5, 0.6) is 5.75 Å². The van der Waals surface area contributed by atoms with Crippen LogP contribution in [0.2, 0.25) is 5.02 Å². The van der Waals surface area contributed by atoms with Gasteiger partial charge in [-0.05, 0) is 24.3 Å². The van der Waals surface area contributed by atoms with Crippen molar-refractivity contribution in [3.05, 3.63) is 70.3 Å². The largest absolute Gasteiger partial charge is 0.487 e. The fourth-order valence-corrected chi connectivity index (χ4v) is 3.44. The lowest BCUT2D eigenvalue weighted by Crippen LogP contribution is -1.96. The first-order chi connectivity index (χ1) is 13.2. The molecule has 0 saturated carbocycles. The summed E-state index contributed by atoms with van der Waals surface area (Å²) in [6, 6.07) is 17.0. The van der Waals surface area contributed by atoms with Crippen molar-refractivity contribution in [3.8, 4) is 33.6 Å². The minimum Gasteiger partial charge on any atom is -0.487 e. The first kappa shape index (κ1) is 17.2. The van der Waals surface area contributed by atoms with Crippen molar-refractivity contribution < 1.29 is 4.74 Å². The van der Waals surface area contributed by atoms with Crippen molar-refractivity contribution in [2.24, 2.45) is 0 Å². The van der Waals surface area contributed by atoms with Crippen LogP contribution in [0.25, 0.3) is 21.8 Å². The predicted octanol–water partition coefficient (Wildman–Crippen LogP) is 4.70. The lowest BCUT2D eigenvalue weighted by atomic mass is 10.1. The summed E-state index contributed by atoms with van der Waals surface area (Å²) in [5.74, 6) is 0.667. The number of thiazole rings is 1. The minimum absolute atomic E-state index is 0.249. The van der Waals surface area contributed by atoms with Gasteiger partial charge in [0.05, 0.1) is 5.69 Å². The van der Waals surface area contributed by atoms with Crippen LogP contribution in [0.15, 0.2) is 53.9 Å². The Bertz CT molecular complexity index is 1110. The zero-order valence-corrected chi connectivity index (χ0v) is 15.5. The molecule has 0 aliphatic heterocycles. The molecule has 2 aromatic heterocycles. The zero-order chi connectivity index (χ0) is 18.6. The van der Waals surface area contributed by atoms with E-state index in [2.05, 4.69) is 20.4 Å². The van der Waals surface area contributed by atoms with E-state index < -0.39 is 0 Å². The molecule has 0 saturated heterocycles. The molecule has 8 heteroatoms. The molecule has 0 spiro atoms. The Morgan fingerprint density at radius 2 is 1.96 bits per heavy atom. The molecular formula is C19H12ClN5OS. The minimum atomic E-state index is 0.249. The molecule has 2 heterocycles. The van der Waals surface area contributed by atoms with Crippen LogP contribution >= 0.6 is 22.9 Å². The van der Waals surface area contributed by atoms with Crippen molar-refractivity contribution >= 4 is 22.9 Å². The van der Waals surface area contributed by atoms with Crippen molar-refractivity contribution in [3.63, 3.8) is 0 Å². The van der Waals surface area contributed by atoms with E-state index in [4.69, 9.17) is 21.6 Å². The highest BCUT2D eigenvalue weighted by atomic mass is 35.5. The number of aromatic amines is 1. The molecule has 0 amide bonds. The second kappa shape index (κ2) is 7.58. The molecule has 0 bridgehead atoms. The lowest BCUT2D eigenvalue weighted by molar-refractivity contribution is 0.302. The summed E-state index contributed by atoms with van der Waals surface area (Å²) in [5.41, 5.74) is 3.38. The molecule has 4 aromatic rings. The molecule has 6 nitrogen and oxygen atoms in total. The summed E-state index contributed by atoms with van der Waals surface area (Å²) in [5, 5.41) is 23.0. The summed E-state index contributed by atoms with van der Waals surface area (Å²) in [6.07, 6.45) is 0. The normalized spacial score (nSPS) is 10.5. The third-order valence-electron chi connectivity index (χ3n) is 3.79. The van der Waals surface area contributed by atoms with Crippen molar-refractivity contribution in [2.75, 3.05) is 0 Å². The molecule has 0 fully saturated rings. The number of aromatic nitrogens is 4. The van der Waals surface area contributed by atoms with Crippen LogP contribution in [0.4, 0.5) is 0 Å². The SMILES string of the molecule is N#Cc1n[nH]nc1-c1cccc(OCc2csc(-c3ccc(Cl)cc3)n2)c1. The van der Waals surface area contributed by atoms with E-state index in [-0.39, 0.29) is 5.69 Å². The van der Waals surface area contributed by atoms with E-state index in [1.54, 1.807) is 11.3 Å². The smallest absolute Gasteiger partial charge is 0.190 e. The van der Waals surface area contributed by atoms with Crippen LogP contribution in [0.1, 0.15) is 11.4 Å². The number of rotatable bonds is 5. The third kappa shape index (κ3) is 3.82. The molecule has 0 radical (unpaired) electrons. The van der Waals surface area contributed by atoms with Gasteiger partial charge in [0, 0.05) is 21.5 Å². The predicted molar refractivity (Wildman–Crippen MR) is 103 cm³/mol. The summed E-state index contributed by atoms with van der Waals surface area (Å²) in [7, 11) is 0. The van der Waals surface area contributed by atoms with Crippen molar-refractivity contribution in [1.82, 2.24) is 20.4 Å². The number of ether oxygens (including phenoxy) is 1. The summed E-state index contributed by atoms with van der Waals surface area (Å²) in [6.45, 7) is 0.345. The first-order valence-electron chi connectivity index (χ1n) is 7.97. The van der Waals surface area contributed by atoms with Crippen LogP contribution < -0.4 is 4.74 Å². The van der Waals surface area contributed by atoms with E-state index in [0.29, 0.717) is 23.1 Å². The Morgan fingerprint density at radius 1 is 1.11 bits per heavy atom. The van der Waals surface area contributed by atoms with Crippen molar-refractivity contribution in [2.45, 2.75) is 6.61 Å². The third-order valence-corrected chi connectivity index (χ3v) is 4.98. The zero-order valence-electron chi connectivity index (χ0n) is 13.9. The van der Waals surface area contributed by atoms with Gasteiger partial charge >= 0.3 is 0 Å². The maximum Gasteiger partial charge on any atom is 0.190 e. The Balaban J connectivity index is 1.47. The van der Waals surface area contributed by atoms with E-state index in [1.807, 2.05) is 60.0 Å². The second-order valence-electron chi connectivity index (χ2n) is 5.60. The fraction of sp³-hybridized carbons (Fsp3) is 0.0526. The lowest BCUT2D eigenvalue weighted by Gasteiger charge is -2.05. The van der Waals surface area contributed by atoms with E-state index in [0.717, 1.165) is 21.8 Å². The summed E-state index contributed by atoms with van der Waals surface area (Å²) in [4.78, 5) is 4.60. The van der Waals surface area contributed by atoms with Gasteiger partial charge in [-0.2, -0.15) is 15.6 Å². The highest BCUT2D eigenvalue weighted by molar-refractivity contribution is 7.13. The number of halogens is 1. The summed E-state index contributed by atoms with van der Waals surface area (Å²) >= 11 is 7.48. The number of hydrogen-bond acceptors (Lipinski definition) is 6. The molecule has 132 valence electrons. The Labute approximate surface area is 164 Å². The standard InChI is InChI=1S/C19H12ClN5OS/c20-14-6-4-12(5-7-14)19-22-15(11-27-19)10-26-16-3-1-2-13(8-16)18-17(9-21)23-25-24-18/h1-8,11H,10H2,(H,23,24,25). The van der Waals surface area contributed by atoms with Gasteiger partial charge in [0.1, 0.15) is 29.1 Å². The second-order valence-corrected chi connectivity index (χ2v) is 6.89. The number of nitriles is 1. The first-order valence-corrected chi connectivity index (χ1v) is 9.23. The summed E-state index contributed by atoms with van der Waals surface area (Å²) < 4.78 is 5.85. The quantitative estimate of drug-likeness (QED) is 0.531. The average molecular weight is 394 g/mol. The maximum atomic E-state index is 9.08. The Hall–Kier alpha value is -3.21.